The molecule has 0 aliphatic rings. The first-order valence-electron chi connectivity index (χ1n) is 4.45. The molecule has 0 bridgehead atoms. The van der Waals surface area contributed by atoms with Crippen molar-refractivity contribution >= 4 is 34.2 Å². The minimum absolute atomic E-state index is 0.0805. The SMILES string of the molecule is CC(I)CNc1ccc(C(=O)O)c(O)c1. The molecule has 0 spiro atoms. The van der Waals surface area contributed by atoms with Crippen LogP contribution in [0.4, 0.5) is 5.69 Å². The quantitative estimate of drug-likeness (QED) is 0.588. The molecule has 1 rings (SSSR count). The van der Waals surface area contributed by atoms with Crippen molar-refractivity contribution in [1.29, 1.82) is 0 Å². The van der Waals surface area contributed by atoms with Gasteiger partial charge in [-0.15, -0.1) is 0 Å². The monoisotopic (exact) mass is 321 g/mol. The number of phenols is 1. The van der Waals surface area contributed by atoms with Gasteiger partial charge in [0.15, 0.2) is 0 Å². The molecule has 0 saturated carbocycles. The van der Waals surface area contributed by atoms with Crippen molar-refractivity contribution in [2.45, 2.75) is 10.8 Å². The Morgan fingerprint density at radius 1 is 1.60 bits per heavy atom. The normalized spacial score (nSPS) is 12.1. The molecule has 0 aliphatic carbocycles. The number of carboxylic acid groups (broad SMARTS) is 1. The number of aromatic carboxylic acids is 1. The Morgan fingerprint density at radius 3 is 2.73 bits per heavy atom. The summed E-state index contributed by atoms with van der Waals surface area (Å²) in [6.45, 7) is 2.82. The molecule has 5 heteroatoms. The smallest absolute Gasteiger partial charge is 0.339 e. The van der Waals surface area contributed by atoms with E-state index in [1.807, 2.05) is 0 Å². The molecule has 1 atom stereocenters. The van der Waals surface area contributed by atoms with Gasteiger partial charge < -0.3 is 15.5 Å². The van der Waals surface area contributed by atoms with Gasteiger partial charge >= 0.3 is 5.97 Å². The van der Waals surface area contributed by atoms with E-state index in [2.05, 4.69) is 34.8 Å². The van der Waals surface area contributed by atoms with Crippen LogP contribution in [0.1, 0.15) is 17.3 Å². The Balaban J connectivity index is 2.78. The van der Waals surface area contributed by atoms with Gasteiger partial charge in [-0.25, -0.2) is 4.79 Å². The number of anilines is 1. The van der Waals surface area contributed by atoms with E-state index in [1.54, 1.807) is 6.07 Å². The fourth-order valence-electron chi connectivity index (χ4n) is 1.08. The van der Waals surface area contributed by atoms with Gasteiger partial charge in [0.25, 0.3) is 0 Å². The van der Waals surface area contributed by atoms with Crippen molar-refractivity contribution in [3.63, 3.8) is 0 Å². The summed E-state index contributed by atoms with van der Waals surface area (Å²) in [5.41, 5.74) is 0.643. The Bertz CT molecular complexity index is 366. The molecule has 0 fully saturated rings. The first-order chi connectivity index (χ1) is 7.00. The van der Waals surface area contributed by atoms with Crippen LogP contribution in [-0.2, 0) is 0 Å². The van der Waals surface area contributed by atoms with E-state index in [1.165, 1.54) is 12.1 Å². The lowest BCUT2D eigenvalue weighted by molar-refractivity contribution is 0.0694. The number of hydrogen-bond acceptors (Lipinski definition) is 3. The number of carboxylic acids is 1. The number of carbonyl (C=O) groups is 1. The van der Waals surface area contributed by atoms with E-state index in [9.17, 15) is 9.90 Å². The number of aromatic hydroxyl groups is 1. The molecular formula is C10H12INO3. The molecule has 0 saturated heterocycles. The molecular weight excluding hydrogens is 309 g/mol. The molecule has 15 heavy (non-hydrogen) atoms. The largest absolute Gasteiger partial charge is 0.507 e. The highest BCUT2D eigenvalue weighted by Crippen LogP contribution is 2.22. The van der Waals surface area contributed by atoms with E-state index < -0.39 is 5.97 Å². The summed E-state index contributed by atoms with van der Waals surface area (Å²) in [5.74, 6) is -1.34. The van der Waals surface area contributed by atoms with Gasteiger partial charge in [0.1, 0.15) is 11.3 Å². The molecule has 0 radical (unpaired) electrons. The fraction of sp³-hybridized carbons (Fsp3) is 0.300. The number of rotatable bonds is 4. The first kappa shape index (κ1) is 12.1. The summed E-state index contributed by atoms with van der Waals surface area (Å²) >= 11 is 2.28. The van der Waals surface area contributed by atoms with E-state index in [4.69, 9.17) is 5.11 Å². The van der Waals surface area contributed by atoms with Gasteiger partial charge in [0, 0.05) is 22.2 Å². The number of halogens is 1. The molecule has 1 aromatic rings. The Kier molecular flexibility index (Phi) is 4.19. The molecule has 0 aliphatic heterocycles. The van der Waals surface area contributed by atoms with Crippen LogP contribution in [0.2, 0.25) is 0 Å². The maximum absolute atomic E-state index is 10.6. The second-order valence-corrected chi connectivity index (χ2v) is 5.33. The van der Waals surface area contributed by atoms with Crippen LogP contribution in [0.3, 0.4) is 0 Å². The predicted octanol–water partition coefficient (Wildman–Crippen LogP) is 2.33. The predicted molar refractivity (Wildman–Crippen MR) is 67.0 cm³/mol. The topological polar surface area (TPSA) is 69.6 Å². The van der Waals surface area contributed by atoms with Crippen molar-refractivity contribution in [3.8, 4) is 5.75 Å². The third-order valence-electron chi connectivity index (χ3n) is 1.82. The van der Waals surface area contributed by atoms with Crippen LogP contribution >= 0.6 is 22.6 Å². The zero-order chi connectivity index (χ0) is 11.4. The number of hydrogen-bond donors (Lipinski definition) is 3. The highest BCUT2D eigenvalue weighted by atomic mass is 127. The number of nitrogens with one attached hydrogen (secondary N) is 1. The van der Waals surface area contributed by atoms with Gasteiger partial charge in [0.05, 0.1) is 0 Å². The maximum atomic E-state index is 10.6. The summed E-state index contributed by atoms with van der Waals surface area (Å²) < 4.78 is 0.462. The van der Waals surface area contributed by atoms with Crippen molar-refractivity contribution in [1.82, 2.24) is 0 Å². The summed E-state index contributed by atoms with van der Waals surface area (Å²) in [7, 11) is 0. The van der Waals surface area contributed by atoms with Gasteiger partial charge in [-0.3, -0.25) is 0 Å². The summed E-state index contributed by atoms with van der Waals surface area (Å²) in [6, 6.07) is 4.45. The van der Waals surface area contributed by atoms with Crippen molar-refractivity contribution in [3.05, 3.63) is 23.8 Å². The standard InChI is InChI=1S/C10H12INO3/c1-6(11)5-12-7-2-3-8(10(14)15)9(13)4-7/h2-4,6,12-13H,5H2,1H3,(H,14,15). The van der Waals surface area contributed by atoms with Gasteiger partial charge in [-0.05, 0) is 12.1 Å². The summed E-state index contributed by atoms with van der Waals surface area (Å²) in [6.07, 6.45) is 0. The van der Waals surface area contributed by atoms with Crippen molar-refractivity contribution in [2.75, 3.05) is 11.9 Å². The van der Waals surface area contributed by atoms with Crippen LogP contribution in [0, 0.1) is 0 Å². The summed E-state index contributed by atoms with van der Waals surface area (Å²) in [5, 5.41) is 21.2. The Labute approximate surface area is 101 Å². The molecule has 1 unspecified atom stereocenters. The highest BCUT2D eigenvalue weighted by Gasteiger charge is 2.09. The third kappa shape index (κ3) is 3.58. The van der Waals surface area contributed by atoms with Gasteiger partial charge in [-0.1, -0.05) is 29.5 Å². The van der Waals surface area contributed by atoms with Crippen LogP contribution in [0.5, 0.6) is 5.75 Å². The molecule has 0 heterocycles. The molecule has 82 valence electrons. The zero-order valence-electron chi connectivity index (χ0n) is 8.20. The average Bonchev–Trinajstić information content (AvgIpc) is 2.14. The van der Waals surface area contributed by atoms with Gasteiger partial charge in [0.2, 0.25) is 0 Å². The number of benzene rings is 1. The zero-order valence-corrected chi connectivity index (χ0v) is 10.4. The van der Waals surface area contributed by atoms with E-state index in [0.717, 1.165) is 12.2 Å². The van der Waals surface area contributed by atoms with Crippen LogP contribution < -0.4 is 5.32 Å². The lowest BCUT2D eigenvalue weighted by Gasteiger charge is -2.09. The van der Waals surface area contributed by atoms with E-state index in [0.29, 0.717) is 3.92 Å². The first-order valence-corrected chi connectivity index (χ1v) is 5.69. The summed E-state index contributed by atoms with van der Waals surface area (Å²) in [4.78, 5) is 10.6. The van der Waals surface area contributed by atoms with E-state index in [-0.39, 0.29) is 11.3 Å². The highest BCUT2D eigenvalue weighted by molar-refractivity contribution is 14.1. The molecule has 3 N–H and O–H groups in total. The van der Waals surface area contributed by atoms with Crippen LogP contribution in [0.25, 0.3) is 0 Å². The van der Waals surface area contributed by atoms with Crippen molar-refractivity contribution < 1.29 is 15.0 Å². The van der Waals surface area contributed by atoms with Crippen LogP contribution in [-0.4, -0.2) is 26.7 Å². The van der Waals surface area contributed by atoms with E-state index >= 15 is 0 Å². The minimum atomic E-state index is -1.12. The maximum Gasteiger partial charge on any atom is 0.339 e. The average molecular weight is 321 g/mol. The third-order valence-corrected chi connectivity index (χ3v) is 2.26. The molecule has 0 amide bonds. The molecule has 4 nitrogen and oxygen atoms in total. The lowest BCUT2D eigenvalue weighted by atomic mass is 10.2. The minimum Gasteiger partial charge on any atom is -0.507 e. The van der Waals surface area contributed by atoms with Crippen molar-refractivity contribution in [2.24, 2.45) is 0 Å². The second kappa shape index (κ2) is 5.20. The Morgan fingerprint density at radius 2 is 2.27 bits per heavy atom. The molecule has 1 aromatic carbocycles. The fourth-order valence-corrected chi connectivity index (χ4v) is 1.30. The Hall–Kier alpha value is -0.980. The number of alkyl halides is 1. The molecule has 0 aromatic heterocycles. The second-order valence-electron chi connectivity index (χ2n) is 3.20. The van der Waals surface area contributed by atoms with Crippen LogP contribution in [0.15, 0.2) is 18.2 Å². The lowest BCUT2D eigenvalue weighted by Crippen LogP contribution is -2.10. The van der Waals surface area contributed by atoms with Gasteiger partial charge in [-0.2, -0.15) is 0 Å².